The number of fused-ring (bicyclic) bond motifs is 1. The van der Waals surface area contributed by atoms with Crippen LogP contribution in [0.25, 0.3) is 5.52 Å². The topological polar surface area (TPSA) is 78.2 Å². The largest absolute Gasteiger partial charge is 0.433 e. The van der Waals surface area contributed by atoms with Crippen molar-refractivity contribution in [3.05, 3.63) is 33.6 Å². The number of alkyl halides is 3. The van der Waals surface area contributed by atoms with Gasteiger partial charge < -0.3 is 14.9 Å². The number of hydrogen-bond acceptors (Lipinski definition) is 4. The molecule has 1 saturated heterocycles. The molecule has 0 unspecified atom stereocenters. The van der Waals surface area contributed by atoms with Gasteiger partial charge in [0.1, 0.15) is 12.2 Å². The van der Waals surface area contributed by atoms with Crippen molar-refractivity contribution in [2.45, 2.75) is 62.8 Å². The van der Waals surface area contributed by atoms with E-state index in [0.29, 0.717) is 24.9 Å². The summed E-state index contributed by atoms with van der Waals surface area (Å²) in [6, 6.07) is 2.82. The van der Waals surface area contributed by atoms with Crippen molar-refractivity contribution < 1.29 is 27.9 Å². The van der Waals surface area contributed by atoms with Crippen LogP contribution in [0, 0.1) is 0 Å². The number of halogens is 4. The van der Waals surface area contributed by atoms with Gasteiger partial charge in [0.25, 0.3) is 5.91 Å². The van der Waals surface area contributed by atoms with E-state index in [9.17, 15) is 27.9 Å². The van der Waals surface area contributed by atoms with Crippen LogP contribution in [-0.4, -0.2) is 68.1 Å². The number of aliphatic hydroxyl groups is 1. The summed E-state index contributed by atoms with van der Waals surface area (Å²) in [7, 11) is 0. The molecule has 3 aliphatic rings. The van der Waals surface area contributed by atoms with E-state index in [4.69, 9.17) is 0 Å². The van der Waals surface area contributed by atoms with E-state index in [-0.39, 0.29) is 52.7 Å². The minimum Gasteiger partial charge on any atom is -0.393 e. The van der Waals surface area contributed by atoms with Crippen molar-refractivity contribution in [2.24, 2.45) is 0 Å². The highest BCUT2D eigenvalue weighted by molar-refractivity contribution is 9.10. The normalized spacial score (nSPS) is 24.6. The maximum atomic E-state index is 13.7. The molecule has 2 aromatic rings. The Morgan fingerprint density at radius 2 is 1.79 bits per heavy atom. The van der Waals surface area contributed by atoms with Gasteiger partial charge >= 0.3 is 6.18 Å². The second kappa shape index (κ2) is 8.26. The molecule has 11 heteroatoms. The minimum atomic E-state index is -4.62. The van der Waals surface area contributed by atoms with Crippen LogP contribution in [0.15, 0.2) is 16.6 Å². The number of hydrogen-bond donors (Lipinski definition) is 1. The molecule has 7 nitrogen and oxygen atoms in total. The van der Waals surface area contributed by atoms with Crippen molar-refractivity contribution in [3.63, 3.8) is 0 Å². The summed E-state index contributed by atoms with van der Waals surface area (Å²) in [5, 5.41) is 13.7. The molecule has 3 fully saturated rings. The van der Waals surface area contributed by atoms with Crippen LogP contribution < -0.4 is 0 Å². The zero-order chi connectivity index (χ0) is 23.5. The zero-order valence-corrected chi connectivity index (χ0v) is 19.4. The van der Waals surface area contributed by atoms with E-state index in [1.807, 2.05) is 0 Å². The molecule has 0 radical (unpaired) electrons. The van der Waals surface area contributed by atoms with Crippen molar-refractivity contribution >= 4 is 33.3 Å². The lowest BCUT2D eigenvalue weighted by Gasteiger charge is -2.41. The average molecular weight is 529 g/mol. The lowest BCUT2D eigenvalue weighted by atomic mass is 9.91. The van der Waals surface area contributed by atoms with Gasteiger partial charge in [-0.1, -0.05) is 0 Å². The van der Waals surface area contributed by atoms with Crippen LogP contribution in [0.2, 0.25) is 0 Å². The Morgan fingerprint density at radius 3 is 2.39 bits per heavy atom. The lowest BCUT2D eigenvalue weighted by Crippen LogP contribution is -2.56. The SMILES string of the molecule is O=C(c1nn2c(C(F)(F)F)cc(C3CC3)cc2c1Br)N1CCN([C@H]2CC[C@H](O)CC2)C(=O)C1. The van der Waals surface area contributed by atoms with Crippen LogP contribution in [0.1, 0.15) is 66.2 Å². The summed E-state index contributed by atoms with van der Waals surface area (Å²) in [4.78, 5) is 29.1. The van der Waals surface area contributed by atoms with E-state index in [1.165, 1.54) is 4.90 Å². The molecule has 0 aromatic carbocycles. The second-order valence-corrected chi connectivity index (χ2v) is 9.97. The van der Waals surface area contributed by atoms with Crippen molar-refractivity contribution in [1.29, 1.82) is 0 Å². The van der Waals surface area contributed by atoms with Crippen LogP contribution in [0.5, 0.6) is 0 Å². The summed E-state index contributed by atoms with van der Waals surface area (Å²) in [6.07, 6.45) is -0.511. The van der Waals surface area contributed by atoms with E-state index in [0.717, 1.165) is 36.3 Å². The Labute approximate surface area is 196 Å². The van der Waals surface area contributed by atoms with Crippen molar-refractivity contribution in [3.8, 4) is 0 Å². The average Bonchev–Trinajstić information content (AvgIpc) is 3.57. The van der Waals surface area contributed by atoms with Gasteiger partial charge in [0.15, 0.2) is 5.69 Å². The third kappa shape index (κ3) is 4.25. The summed E-state index contributed by atoms with van der Waals surface area (Å²) >= 11 is 3.30. The predicted molar refractivity (Wildman–Crippen MR) is 116 cm³/mol. The standard InChI is InChI=1S/C22H24BrF3N4O3/c23-19-16-9-13(12-1-2-12)10-17(22(24,25)26)30(16)27-20(19)21(33)28-7-8-29(18(32)11-28)14-3-5-15(31)6-4-14/h9-10,12,14-15,31H,1-8,11H2/t14-,15-. The molecule has 2 aliphatic carbocycles. The Morgan fingerprint density at radius 1 is 1.09 bits per heavy atom. The first-order valence-electron chi connectivity index (χ1n) is 11.2. The zero-order valence-electron chi connectivity index (χ0n) is 17.8. The molecule has 3 heterocycles. The van der Waals surface area contributed by atoms with E-state index >= 15 is 0 Å². The molecular formula is C22H24BrF3N4O3. The fourth-order valence-corrected chi connectivity index (χ4v) is 5.43. The lowest BCUT2D eigenvalue weighted by molar-refractivity contribution is -0.142. The fraction of sp³-hybridized carbons (Fsp3) is 0.591. The van der Waals surface area contributed by atoms with Gasteiger partial charge in [0.05, 0.1) is 16.1 Å². The predicted octanol–water partition coefficient (Wildman–Crippen LogP) is 3.58. The molecule has 0 spiro atoms. The van der Waals surface area contributed by atoms with Crippen molar-refractivity contribution in [1.82, 2.24) is 19.4 Å². The van der Waals surface area contributed by atoms with Gasteiger partial charge in [-0.15, -0.1) is 0 Å². The van der Waals surface area contributed by atoms with Crippen molar-refractivity contribution in [2.75, 3.05) is 19.6 Å². The molecule has 1 N–H and O–H groups in total. The third-order valence-electron chi connectivity index (χ3n) is 6.89. The minimum absolute atomic E-state index is 0.0512. The van der Waals surface area contributed by atoms with E-state index in [1.54, 1.807) is 11.0 Å². The number of carbonyl (C=O) groups is 2. The molecule has 2 saturated carbocycles. The molecule has 1 aliphatic heterocycles. The highest BCUT2D eigenvalue weighted by Gasteiger charge is 2.39. The number of carbonyl (C=O) groups excluding carboxylic acids is 2. The van der Waals surface area contributed by atoms with Gasteiger partial charge in [0.2, 0.25) is 5.91 Å². The molecule has 33 heavy (non-hydrogen) atoms. The first-order valence-corrected chi connectivity index (χ1v) is 12.0. The number of piperazine rings is 1. The fourth-order valence-electron chi connectivity index (χ4n) is 4.90. The van der Waals surface area contributed by atoms with E-state index in [2.05, 4.69) is 21.0 Å². The Bertz CT molecular complexity index is 1110. The molecule has 2 amide bonds. The van der Waals surface area contributed by atoms with Crippen LogP contribution in [-0.2, 0) is 11.0 Å². The maximum absolute atomic E-state index is 13.7. The molecule has 178 valence electrons. The summed E-state index contributed by atoms with van der Waals surface area (Å²) in [6.45, 7) is 0.497. The van der Waals surface area contributed by atoms with Crippen LogP contribution in [0.4, 0.5) is 13.2 Å². The first kappa shape index (κ1) is 22.6. The number of aliphatic hydroxyl groups excluding tert-OH is 1. The highest BCUT2D eigenvalue weighted by atomic mass is 79.9. The molecule has 0 bridgehead atoms. The molecular weight excluding hydrogens is 505 g/mol. The van der Waals surface area contributed by atoms with Gasteiger partial charge in [-0.3, -0.25) is 9.59 Å². The number of pyridine rings is 1. The molecule has 5 rings (SSSR count). The summed E-state index contributed by atoms with van der Waals surface area (Å²) < 4.78 is 42.2. The number of amides is 2. The molecule has 2 aromatic heterocycles. The highest BCUT2D eigenvalue weighted by Crippen LogP contribution is 2.43. The number of nitrogens with zero attached hydrogens (tertiary/aromatic N) is 4. The van der Waals surface area contributed by atoms with E-state index < -0.39 is 17.8 Å². The van der Waals surface area contributed by atoms with Gasteiger partial charge in [-0.2, -0.15) is 18.3 Å². The van der Waals surface area contributed by atoms with Gasteiger partial charge in [-0.25, -0.2) is 4.52 Å². The van der Waals surface area contributed by atoms with Gasteiger partial charge in [-0.05, 0) is 78.1 Å². The molecule has 0 atom stereocenters. The number of aromatic nitrogens is 2. The van der Waals surface area contributed by atoms with Crippen LogP contribution in [0.3, 0.4) is 0 Å². The Hall–Kier alpha value is -2.14. The Balaban J connectivity index is 1.40. The smallest absolute Gasteiger partial charge is 0.393 e. The van der Waals surface area contributed by atoms with Crippen LogP contribution >= 0.6 is 15.9 Å². The Kier molecular flexibility index (Phi) is 5.67. The second-order valence-electron chi connectivity index (χ2n) is 9.18. The monoisotopic (exact) mass is 528 g/mol. The number of rotatable bonds is 3. The summed E-state index contributed by atoms with van der Waals surface area (Å²) in [5.41, 5.74) is -0.255. The maximum Gasteiger partial charge on any atom is 0.433 e. The third-order valence-corrected chi connectivity index (χ3v) is 7.67. The van der Waals surface area contributed by atoms with Gasteiger partial charge in [0, 0.05) is 19.1 Å². The summed E-state index contributed by atoms with van der Waals surface area (Å²) in [5.74, 6) is -0.662. The first-order chi connectivity index (χ1) is 15.6. The quantitative estimate of drug-likeness (QED) is 0.660.